The normalized spacial score (nSPS) is 11.1. The number of nitrogens with zero attached hydrogens (tertiary/aromatic N) is 2. The van der Waals surface area contributed by atoms with E-state index in [-0.39, 0.29) is 0 Å². The molecule has 0 fully saturated rings. The van der Waals surface area contributed by atoms with Crippen LogP contribution in [-0.2, 0) is 6.42 Å². The molecule has 0 spiro atoms. The summed E-state index contributed by atoms with van der Waals surface area (Å²) in [6, 6.07) is 3.83. The summed E-state index contributed by atoms with van der Waals surface area (Å²) >= 11 is 0. The number of rotatable bonds is 4. The van der Waals surface area contributed by atoms with Gasteiger partial charge in [-0.05, 0) is 17.7 Å². The van der Waals surface area contributed by atoms with Gasteiger partial charge in [0.15, 0.2) is 11.5 Å². The van der Waals surface area contributed by atoms with E-state index in [1.54, 1.807) is 14.2 Å². The molecule has 2 aliphatic rings. The van der Waals surface area contributed by atoms with Gasteiger partial charge in [0.1, 0.15) is 5.82 Å². The molecular formula is C15H13N3O2. The van der Waals surface area contributed by atoms with Crippen LogP contribution < -0.4 is 14.8 Å². The van der Waals surface area contributed by atoms with Gasteiger partial charge in [-0.2, -0.15) is 4.98 Å². The van der Waals surface area contributed by atoms with E-state index in [4.69, 9.17) is 15.9 Å². The van der Waals surface area contributed by atoms with E-state index in [2.05, 4.69) is 21.2 Å². The summed E-state index contributed by atoms with van der Waals surface area (Å²) in [7, 11) is 3.17. The van der Waals surface area contributed by atoms with Crippen LogP contribution in [0.2, 0.25) is 0 Å². The first-order valence-electron chi connectivity index (χ1n) is 6.09. The third-order valence-corrected chi connectivity index (χ3v) is 3.18. The van der Waals surface area contributed by atoms with Crippen LogP contribution in [0.3, 0.4) is 0 Å². The van der Waals surface area contributed by atoms with Gasteiger partial charge in [-0.15, -0.1) is 6.42 Å². The number of methoxy groups -OCH3 is 2. The van der Waals surface area contributed by atoms with E-state index >= 15 is 0 Å². The molecule has 0 saturated heterocycles. The standard InChI is InChI=1S/C15H13N3O2/c1-4-10-5-9(7-12(19-2)13(10)20-3)6-11-8-16-15-17-14(11)18-15/h1,5,7-8H,6H2,2-3H3,(H,16,17,18). The minimum Gasteiger partial charge on any atom is -0.493 e. The van der Waals surface area contributed by atoms with E-state index in [0.29, 0.717) is 29.4 Å². The minimum absolute atomic E-state index is 0.579. The van der Waals surface area contributed by atoms with Crippen LogP contribution in [0, 0.1) is 12.3 Å². The van der Waals surface area contributed by atoms with Gasteiger partial charge in [-0.25, -0.2) is 4.98 Å². The van der Waals surface area contributed by atoms with E-state index in [1.165, 1.54) is 0 Å². The van der Waals surface area contributed by atoms with Crippen molar-refractivity contribution in [1.29, 1.82) is 0 Å². The Hall–Kier alpha value is -2.74. The van der Waals surface area contributed by atoms with Crippen LogP contribution in [0.25, 0.3) is 0 Å². The Morgan fingerprint density at radius 2 is 2.10 bits per heavy atom. The Balaban J connectivity index is 1.99. The third kappa shape index (κ3) is 1.91. The molecule has 5 nitrogen and oxygen atoms in total. The van der Waals surface area contributed by atoms with E-state index in [1.807, 2.05) is 18.3 Å². The average molecular weight is 267 g/mol. The first kappa shape index (κ1) is 12.3. The van der Waals surface area contributed by atoms with Gasteiger partial charge >= 0.3 is 0 Å². The molecule has 4 rings (SSSR count). The van der Waals surface area contributed by atoms with Crippen LogP contribution in [0.1, 0.15) is 16.7 Å². The smallest absolute Gasteiger partial charge is 0.230 e. The predicted molar refractivity (Wildman–Crippen MR) is 75.6 cm³/mol. The summed E-state index contributed by atoms with van der Waals surface area (Å²) in [4.78, 5) is 8.37. The number of anilines is 2. The van der Waals surface area contributed by atoms with Crippen molar-refractivity contribution in [3.8, 4) is 23.8 Å². The lowest BCUT2D eigenvalue weighted by atomic mass is 10.0. The summed E-state index contributed by atoms with van der Waals surface area (Å²) in [5, 5.41) is 3.06. The summed E-state index contributed by atoms with van der Waals surface area (Å²) in [6.45, 7) is 0. The molecule has 20 heavy (non-hydrogen) atoms. The molecule has 0 atom stereocenters. The molecule has 1 N–H and O–H groups in total. The third-order valence-electron chi connectivity index (χ3n) is 3.18. The molecule has 3 heterocycles. The summed E-state index contributed by atoms with van der Waals surface area (Å²) in [5.74, 6) is 5.36. The van der Waals surface area contributed by atoms with Gasteiger partial charge in [-0.1, -0.05) is 5.92 Å². The highest BCUT2D eigenvalue weighted by Gasteiger charge is 2.18. The molecule has 1 aromatic carbocycles. The first-order valence-corrected chi connectivity index (χ1v) is 6.09. The lowest BCUT2D eigenvalue weighted by Gasteiger charge is -2.18. The molecule has 5 heteroatoms. The van der Waals surface area contributed by atoms with Crippen molar-refractivity contribution in [2.24, 2.45) is 0 Å². The zero-order valence-corrected chi connectivity index (χ0v) is 11.2. The monoisotopic (exact) mass is 267 g/mol. The fourth-order valence-electron chi connectivity index (χ4n) is 2.21. The summed E-state index contributed by atoms with van der Waals surface area (Å²) in [5.41, 5.74) is 2.72. The number of terminal acetylenes is 1. The summed E-state index contributed by atoms with van der Waals surface area (Å²) in [6.07, 6.45) is 8.03. The molecule has 0 aliphatic carbocycles. The molecule has 0 radical (unpaired) electrons. The molecule has 0 amide bonds. The predicted octanol–water partition coefficient (Wildman–Crippen LogP) is 2.12. The fourth-order valence-corrected chi connectivity index (χ4v) is 2.21. The quantitative estimate of drug-likeness (QED) is 0.734. The molecule has 2 aliphatic heterocycles. The lowest BCUT2D eigenvalue weighted by Crippen LogP contribution is -2.13. The fraction of sp³-hybridized carbons (Fsp3) is 0.200. The van der Waals surface area contributed by atoms with E-state index in [9.17, 15) is 0 Å². The molecule has 1 aromatic heterocycles. The Morgan fingerprint density at radius 1 is 1.30 bits per heavy atom. The van der Waals surface area contributed by atoms with Crippen molar-refractivity contribution in [2.75, 3.05) is 19.5 Å². The van der Waals surface area contributed by atoms with E-state index < -0.39 is 0 Å². The number of hydrogen-bond acceptors (Lipinski definition) is 5. The lowest BCUT2D eigenvalue weighted by molar-refractivity contribution is 0.354. The number of fused-ring (bicyclic) bond motifs is 2. The van der Waals surface area contributed by atoms with Crippen LogP contribution in [0.15, 0.2) is 18.3 Å². The average Bonchev–Trinajstić information content (AvgIpc) is 2.45. The maximum absolute atomic E-state index is 5.53. The zero-order valence-electron chi connectivity index (χ0n) is 11.2. The minimum atomic E-state index is 0.579. The second-order valence-electron chi connectivity index (χ2n) is 4.39. The number of ether oxygens (including phenoxy) is 2. The highest BCUT2D eigenvalue weighted by molar-refractivity contribution is 5.64. The number of nitrogens with one attached hydrogen (secondary N) is 1. The van der Waals surface area contributed by atoms with Crippen molar-refractivity contribution in [3.05, 3.63) is 35.0 Å². The van der Waals surface area contributed by atoms with Crippen molar-refractivity contribution in [1.82, 2.24) is 9.97 Å². The second kappa shape index (κ2) is 4.74. The Bertz CT molecular complexity index is 716. The van der Waals surface area contributed by atoms with Crippen LogP contribution in [0.4, 0.5) is 11.8 Å². The number of hydrogen-bond donors (Lipinski definition) is 1. The largest absolute Gasteiger partial charge is 0.493 e. The van der Waals surface area contributed by atoms with Crippen molar-refractivity contribution in [3.63, 3.8) is 0 Å². The number of benzene rings is 1. The maximum atomic E-state index is 5.53. The Kier molecular flexibility index (Phi) is 2.92. The van der Waals surface area contributed by atoms with Crippen molar-refractivity contribution >= 4 is 11.8 Å². The molecule has 0 unspecified atom stereocenters. The van der Waals surface area contributed by atoms with Crippen LogP contribution in [-0.4, -0.2) is 24.2 Å². The van der Waals surface area contributed by atoms with Gasteiger partial charge in [-0.3, -0.25) is 0 Å². The highest BCUT2D eigenvalue weighted by Crippen LogP contribution is 2.34. The first-order chi connectivity index (χ1) is 9.75. The summed E-state index contributed by atoms with van der Waals surface area (Å²) < 4.78 is 10.6. The Labute approximate surface area is 117 Å². The van der Waals surface area contributed by atoms with Crippen molar-refractivity contribution < 1.29 is 9.47 Å². The zero-order chi connectivity index (χ0) is 14.1. The van der Waals surface area contributed by atoms with Gasteiger partial charge in [0.25, 0.3) is 0 Å². The second-order valence-corrected chi connectivity index (χ2v) is 4.39. The maximum Gasteiger partial charge on any atom is 0.230 e. The SMILES string of the molecule is C#Cc1cc(Cc2cnc3nc2N3)cc(OC)c1OC. The van der Waals surface area contributed by atoms with Crippen LogP contribution in [0.5, 0.6) is 11.5 Å². The van der Waals surface area contributed by atoms with Crippen molar-refractivity contribution in [2.45, 2.75) is 6.42 Å². The molecular weight excluding hydrogens is 254 g/mol. The van der Waals surface area contributed by atoms with E-state index in [0.717, 1.165) is 16.9 Å². The van der Waals surface area contributed by atoms with Gasteiger partial charge in [0, 0.05) is 18.2 Å². The van der Waals surface area contributed by atoms with Crippen LogP contribution >= 0.6 is 0 Å². The van der Waals surface area contributed by atoms with Gasteiger partial charge < -0.3 is 14.8 Å². The van der Waals surface area contributed by atoms with Gasteiger partial charge in [0.05, 0.1) is 19.8 Å². The van der Waals surface area contributed by atoms with Gasteiger partial charge in [0.2, 0.25) is 5.95 Å². The highest BCUT2D eigenvalue weighted by atomic mass is 16.5. The molecule has 100 valence electrons. The molecule has 2 bridgehead atoms. The molecule has 0 saturated carbocycles. The number of aromatic nitrogens is 2. The topological polar surface area (TPSA) is 56.3 Å². The molecule has 2 aromatic rings. The Morgan fingerprint density at radius 3 is 2.65 bits per heavy atom.